The van der Waals surface area contributed by atoms with Crippen LogP contribution in [0.3, 0.4) is 0 Å². The minimum Gasteiger partial charge on any atom is -0.397 e. The molecule has 2 aromatic heterocycles. The lowest BCUT2D eigenvalue weighted by Gasteiger charge is -2.02. The van der Waals surface area contributed by atoms with Gasteiger partial charge in [0.05, 0.1) is 5.69 Å². The second-order valence-electron chi connectivity index (χ2n) is 3.17. The number of nitrogens with zero attached hydrogens (tertiary/aromatic N) is 2. The van der Waals surface area contributed by atoms with Crippen molar-refractivity contribution in [2.75, 3.05) is 5.73 Å². The summed E-state index contributed by atoms with van der Waals surface area (Å²) >= 11 is 1.48. The Morgan fingerprint density at radius 1 is 1.20 bits per heavy atom. The predicted octanol–water partition coefficient (Wildman–Crippen LogP) is 2.52. The maximum Gasteiger partial charge on any atom is 0.125 e. The summed E-state index contributed by atoms with van der Waals surface area (Å²) in [5.41, 5.74) is 7.62. The molecule has 2 rings (SSSR count). The standard InChI is InChI=1S/C11H11N3S/c1-8-4-5-10(14-7-8)15-11-9(12)3-2-6-13-11/h2-7H,12H2,1H3. The summed E-state index contributed by atoms with van der Waals surface area (Å²) in [6, 6.07) is 7.65. The first-order valence-electron chi connectivity index (χ1n) is 4.57. The summed E-state index contributed by atoms with van der Waals surface area (Å²) in [6.45, 7) is 2.01. The molecule has 0 atom stereocenters. The number of anilines is 1. The van der Waals surface area contributed by atoms with Crippen molar-refractivity contribution in [3.05, 3.63) is 42.2 Å². The molecule has 15 heavy (non-hydrogen) atoms. The van der Waals surface area contributed by atoms with Gasteiger partial charge in [0.25, 0.3) is 0 Å². The van der Waals surface area contributed by atoms with Crippen LogP contribution in [0.4, 0.5) is 5.69 Å². The fourth-order valence-corrected chi connectivity index (χ4v) is 1.84. The van der Waals surface area contributed by atoms with Gasteiger partial charge < -0.3 is 5.73 Å². The van der Waals surface area contributed by atoms with Crippen LogP contribution in [0, 0.1) is 6.92 Å². The lowest BCUT2D eigenvalue weighted by molar-refractivity contribution is 1.08. The van der Waals surface area contributed by atoms with Crippen molar-refractivity contribution in [2.24, 2.45) is 0 Å². The zero-order valence-corrected chi connectivity index (χ0v) is 9.16. The van der Waals surface area contributed by atoms with Gasteiger partial charge in [-0.15, -0.1) is 0 Å². The highest BCUT2D eigenvalue weighted by Gasteiger charge is 2.02. The number of aryl methyl sites for hydroxylation is 1. The molecule has 0 aliphatic rings. The minimum absolute atomic E-state index is 0.685. The Hall–Kier alpha value is -1.55. The van der Waals surface area contributed by atoms with E-state index in [1.165, 1.54) is 11.8 Å². The molecule has 0 saturated heterocycles. The number of hydrogen-bond donors (Lipinski definition) is 1. The summed E-state index contributed by atoms with van der Waals surface area (Å²) in [7, 11) is 0. The summed E-state index contributed by atoms with van der Waals surface area (Å²) < 4.78 is 0. The zero-order chi connectivity index (χ0) is 10.7. The van der Waals surface area contributed by atoms with E-state index in [2.05, 4.69) is 9.97 Å². The number of rotatable bonds is 2. The first kappa shape index (κ1) is 9.98. The first-order chi connectivity index (χ1) is 7.25. The number of nitrogens with two attached hydrogens (primary N) is 1. The zero-order valence-electron chi connectivity index (χ0n) is 8.34. The summed E-state index contributed by atoms with van der Waals surface area (Å²) in [5, 5.41) is 1.71. The highest BCUT2D eigenvalue weighted by molar-refractivity contribution is 7.99. The quantitative estimate of drug-likeness (QED) is 0.839. The van der Waals surface area contributed by atoms with Crippen molar-refractivity contribution in [3.63, 3.8) is 0 Å². The van der Waals surface area contributed by atoms with Gasteiger partial charge in [0.2, 0.25) is 0 Å². The van der Waals surface area contributed by atoms with E-state index in [1.54, 1.807) is 6.20 Å². The molecule has 0 aliphatic heterocycles. The maximum atomic E-state index is 5.79. The molecule has 0 spiro atoms. The van der Waals surface area contributed by atoms with E-state index in [0.29, 0.717) is 5.69 Å². The third kappa shape index (κ3) is 2.47. The van der Waals surface area contributed by atoms with Crippen LogP contribution in [-0.4, -0.2) is 9.97 Å². The van der Waals surface area contributed by atoms with Crippen LogP contribution in [-0.2, 0) is 0 Å². The average molecular weight is 217 g/mol. The molecule has 2 N–H and O–H groups in total. The van der Waals surface area contributed by atoms with Gasteiger partial charge in [-0.2, -0.15) is 0 Å². The second-order valence-corrected chi connectivity index (χ2v) is 4.18. The summed E-state index contributed by atoms with van der Waals surface area (Å²) in [6.07, 6.45) is 3.56. The number of nitrogen functional groups attached to an aromatic ring is 1. The molecule has 0 bridgehead atoms. The van der Waals surface area contributed by atoms with Gasteiger partial charge in [0.1, 0.15) is 10.1 Å². The van der Waals surface area contributed by atoms with E-state index >= 15 is 0 Å². The SMILES string of the molecule is Cc1ccc(Sc2ncccc2N)nc1. The van der Waals surface area contributed by atoms with E-state index in [9.17, 15) is 0 Å². The van der Waals surface area contributed by atoms with Crippen LogP contribution in [0.15, 0.2) is 46.7 Å². The minimum atomic E-state index is 0.685. The third-order valence-corrected chi connectivity index (χ3v) is 2.87. The number of aromatic nitrogens is 2. The lowest BCUT2D eigenvalue weighted by atomic mass is 10.3. The Kier molecular flexibility index (Phi) is 2.87. The molecule has 76 valence electrons. The van der Waals surface area contributed by atoms with E-state index in [4.69, 9.17) is 5.73 Å². The van der Waals surface area contributed by atoms with Gasteiger partial charge in [0, 0.05) is 12.4 Å². The van der Waals surface area contributed by atoms with Crippen LogP contribution in [0.2, 0.25) is 0 Å². The smallest absolute Gasteiger partial charge is 0.125 e. The Morgan fingerprint density at radius 3 is 2.73 bits per heavy atom. The molecule has 3 nitrogen and oxygen atoms in total. The number of pyridine rings is 2. The molecule has 0 unspecified atom stereocenters. The molecule has 2 aromatic rings. The topological polar surface area (TPSA) is 51.8 Å². The molecule has 0 amide bonds. The van der Waals surface area contributed by atoms with Crippen molar-refractivity contribution in [1.82, 2.24) is 9.97 Å². The molecule has 0 saturated carbocycles. The van der Waals surface area contributed by atoms with Gasteiger partial charge in [-0.25, -0.2) is 9.97 Å². The van der Waals surface area contributed by atoms with Gasteiger partial charge in [-0.1, -0.05) is 6.07 Å². The van der Waals surface area contributed by atoms with Crippen molar-refractivity contribution in [2.45, 2.75) is 17.0 Å². The molecular weight excluding hydrogens is 206 g/mol. The van der Waals surface area contributed by atoms with Gasteiger partial charge in [0.15, 0.2) is 0 Å². The highest BCUT2D eigenvalue weighted by atomic mass is 32.2. The monoisotopic (exact) mass is 217 g/mol. The van der Waals surface area contributed by atoms with Gasteiger partial charge in [-0.3, -0.25) is 0 Å². The van der Waals surface area contributed by atoms with Crippen molar-refractivity contribution >= 4 is 17.4 Å². The molecule has 0 radical (unpaired) electrons. The van der Waals surface area contributed by atoms with Crippen molar-refractivity contribution in [3.8, 4) is 0 Å². The Balaban J connectivity index is 2.22. The fraction of sp³-hybridized carbons (Fsp3) is 0.0909. The molecule has 0 aliphatic carbocycles. The van der Waals surface area contributed by atoms with Crippen LogP contribution in [0.5, 0.6) is 0 Å². The molecule has 2 heterocycles. The van der Waals surface area contributed by atoms with E-state index in [0.717, 1.165) is 15.6 Å². The molecular formula is C11H11N3S. The third-order valence-electron chi connectivity index (χ3n) is 1.89. The lowest BCUT2D eigenvalue weighted by Crippen LogP contribution is -1.91. The van der Waals surface area contributed by atoms with Crippen LogP contribution in [0.1, 0.15) is 5.56 Å². The average Bonchev–Trinajstić information content (AvgIpc) is 2.25. The van der Waals surface area contributed by atoms with E-state index in [1.807, 2.05) is 37.4 Å². The van der Waals surface area contributed by atoms with Gasteiger partial charge >= 0.3 is 0 Å². The van der Waals surface area contributed by atoms with E-state index in [-0.39, 0.29) is 0 Å². The normalized spacial score (nSPS) is 10.2. The Bertz CT molecular complexity index is 454. The van der Waals surface area contributed by atoms with Crippen LogP contribution < -0.4 is 5.73 Å². The van der Waals surface area contributed by atoms with Crippen LogP contribution >= 0.6 is 11.8 Å². The highest BCUT2D eigenvalue weighted by Crippen LogP contribution is 2.27. The predicted molar refractivity (Wildman–Crippen MR) is 61.7 cm³/mol. The van der Waals surface area contributed by atoms with Crippen molar-refractivity contribution < 1.29 is 0 Å². The first-order valence-corrected chi connectivity index (χ1v) is 5.38. The summed E-state index contributed by atoms with van der Waals surface area (Å²) in [4.78, 5) is 8.48. The van der Waals surface area contributed by atoms with E-state index < -0.39 is 0 Å². The van der Waals surface area contributed by atoms with Gasteiger partial charge in [-0.05, 0) is 42.4 Å². The largest absolute Gasteiger partial charge is 0.397 e. The second kappa shape index (κ2) is 4.31. The fourth-order valence-electron chi connectivity index (χ4n) is 1.10. The molecule has 4 heteroatoms. The van der Waals surface area contributed by atoms with Crippen LogP contribution in [0.25, 0.3) is 0 Å². The molecule has 0 fully saturated rings. The number of hydrogen-bond acceptors (Lipinski definition) is 4. The Labute approximate surface area is 92.8 Å². The Morgan fingerprint density at radius 2 is 2.07 bits per heavy atom. The summed E-state index contributed by atoms with van der Waals surface area (Å²) in [5.74, 6) is 0. The maximum absolute atomic E-state index is 5.79. The molecule has 0 aromatic carbocycles. The van der Waals surface area contributed by atoms with Crippen molar-refractivity contribution in [1.29, 1.82) is 0 Å².